The zero-order valence-electron chi connectivity index (χ0n) is 18.6. The molecule has 0 radical (unpaired) electrons. The second kappa shape index (κ2) is 10.8. The minimum absolute atomic E-state index is 0.548. The maximum absolute atomic E-state index is 12.7. The fourth-order valence-electron chi connectivity index (χ4n) is 4.97. The van der Waals surface area contributed by atoms with Gasteiger partial charge in [-0.05, 0) is 25.0 Å². The van der Waals surface area contributed by atoms with Crippen LogP contribution in [0.5, 0.6) is 0 Å². The first-order valence-electron chi connectivity index (χ1n) is 12.0. The number of para-hydroxylation sites is 1. The molecule has 5 heteroatoms. The third-order valence-corrected chi connectivity index (χ3v) is 7.71. The molecule has 1 aliphatic carbocycles. The van der Waals surface area contributed by atoms with Gasteiger partial charge in [0.1, 0.15) is 5.60 Å². The van der Waals surface area contributed by atoms with Gasteiger partial charge in [0, 0.05) is 5.39 Å². The van der Waals surface area contributed by atoms with E-state index in [0.29, 0.717) is 24.1 Å². The third kappa shape index (κ3) is 6.10. The molecule has 0 aliphatic heterocycles. The van der Waals surface area contributed by atoms with Gasteiger partial charge in [-0.15, -0.1) is 0 Å². The minimum atomic E-state index is -3.52. The van der Waals surface area contributed by atoms with Crippen LogP contribution in [0.2, 0.25) is 0 Å². The van der Waals surface area contributed by atoms with Crippen molar-refractivity contribution in [2.75, 3.05) is 6.26 Å². The lowest BCUT2D eigenvalue weighted by atomic mass is 9.86. The molecule has 1 fully saturated rings. The van der Waals surface area contributed by atoms with E-state index in [0.717, 1.165) is 31.1 Å². The van der Waals surface area contributed by atoms with Crippen LogP contribution in [0.4, 0.5) is 0 Å². The van der Waals surface area contributed by atoms with Crippen LogP contribution in [0.15, 0.2) is 30.3 Å². The van der Waals surface area contributed by atoms with Crippen molar-refractivity contribution in [3.63, 3.8) is 0 Å². The number of benzene rings is 1. The molecule has 1 heterocycles. The average molecular weight is 434 g/mol. The highest BCUT2D eigenvalue weighted by Gasteiger charge is 2.34. The first-order valence-corrected chi connectivity index (χ1v) is 13.8. The highest BCUT2D eigenvalue weighted by Crippen LogP contribution is 2.37. The molecule has 0 amide bonds. The van der Waals surface area contributed by atoms with E-state index in [1.54, 1.807) is 0 Å². The zero-order valence-corrected chi connectivity index (χ0v) is 19.4. The van der Waals surface area contributed by atoms with Crippen molar-refractivity contribution in [3.05, 3.63) is 36.0 Å². The smallest absolute Gasteiger partial charge is 0.236 e. The van der Waals surface area contributed by atoms with Gasteiger partial charge in [-0.2, -0.15) is 0 Å². The summed E-state index contributed by atoms with van der Waals surface area (Å²) in [6.07, 6.45) is 18.2. The van der Waals surface area contributed by atoms with Gasteiger partial charge >= 0.3 is 0 Å². The highest BCUT2D eigenvalue weighted by atomic mass is 32.2. The topological polar surface area (TPSA) is 59.3 Å². The molecule has 0 spiro atoms. The number of hydrogen-bond acceptors (Lipinski definition) is 3. The van der Waals surface area contributed by atoms with Crippen LogP contribution in [0.25, 0.3) is 10.9 Å². The van der Waals surface area contributed by atoms with Gasteiger partial charge in [-0.1, -0.05) is 102 Å². The van der Waals surface area contributed by atoms with E-state index in [2.05, 4.69) is 0 Å². The maximum atomic E-state index is 12.7. The Bertz CT molecular complexity index is 884. The van der Waals surface area contributed by atoms with E-state index < -0.39 is 15.6 Å². The monoisotopic (exact) mass is 433 g/mol. The summed E-state index contributed by atoms with van der Waals surface area (Å²) in [5, 5.41) is 12.7. The first-order chi connectivity index (χ1) is 14.4. The molecule has 0 unspecified atom stereocenters. The third-order valence-electron chi connectivity index (χ3n) is 6.66. The number of nitrogens with zero attached hydrogens (tertiary/aromatic N) is 1. The summed E-state index contributed by atoms with van der Waals surface area (Å²) in [6.45, 7) is 0. The molecular weight excluding hydrogens is 394 g/mol. The van der Waals surface area contributed by atoms with Crippen LogP contribution in [-0.2, 0) is 15.6 Å². The maximum Gasteiger partial charge on any atom is 0.236 e. The molecule has 30 heavy (non-hydrogen) atoms. The number of aromatic nitrogens is 1. The largest absolute Gasteiger partial charge is 0.384 e. The fraction of sp³-hybridized carbons (Fsp3) is 0.680. The molecule has 1 aromatic heterocycles. The zero-order chi connectivity index (χ0) is 21.5. The van der Waals surface area contributed by atoms with Crippen molar-refractivity contribution in [1.29, 1.82) is 0 Å². The molecule has 0 saturated heterocycles. The Hall–Kier alpha value is -1.33. The molecule has 2 aromatic rings. The second-order valence-corrected chi connectivity index (χ2v) is 11.1. The van der Waals surface area contributed by atoms with E-state index in [4.69, 9.17) is 0 Å². The van der Waals surface area contributed by atoms with Crippen LogP contribution in [0.1, 0.15) is 102 Å². The Morgan fingerprint density at radius 3 is 1.67 bits per heavy atom. The number of rotatable bonds is 2. The van der Waals surface area contributed by atoms with Crippen molar-refractivity contribution in [3.8, 4) is 0 Å². The molecule has 0 atom stereocenters. The van der Waals surface area contributed by atoms with E-state index in [1.807, 2.05) is 30.3 Å². The van der Waals surface area contributed by atoms with Crippen molar-refractivity contribution < 1.29 is 13.5 Å². The van der Waals surface area contributed by atoms with Crippen molar-refractivity contribution in [1.82, 2.24) is 3.97 Å². The Kier molecular flexibility index (Phi) is 8.41. The second-order valence-electron chi connectivity index (χ2n) is 9.24. The van der Waals surface area contributed by atoms with Crippen molar-refractivity contribution >= 4 is 20.9 Å². The van der Waals surface area contributed by atoms with Crippen LogP contribution >= 0.6 is 0 Å². The Morgan fingerprint density at radius 1 is 0.767 bits per heavy atom. The number of hydrogen-bond donors (Lipinski definition) is 1. The van der Waals surface area contributed by atoms with Gasteiger partial charge < -0.3 is 5.11 Å². The van der Waals surface area contributed by atoms with Crippen LogP contribution in [0, 0.1) is 0 Å². The Morgan fingerprint density at radius 2 is 1.20 bits per heavy atom. The lowest BCUT2D eigenvalue weighted by Crippen LogP contribution is -2.31. The summed E-state index contributed by atoms with van der Waals surface area (Å²) in [6, 6.07) is 9.44. The van der Waals surface area contributed by atoms with E-state index in [-0.39, 0.29) is 0 Å². The van der Waals surface area contributed by atoms with Gasteiger partial charge in [-0.25, -0.2) is 12.4 Å². The quantitative estimate of drug-likeness (QED) is 0.588. The standard InChI is InChI=1S/C25H39NO3S/c1-30(28,29)26-23-18-14-13-17-22(23)21-24(26)25(27)19-15-11-9-7-5-3-2-4-6-8-10-12-16-20-25/h13-14,17-18,21,27H,2-12,15-16,19-20H2,1H3. The summed E-state index contributed by atoms with van der Waals surface area (Å²) in [7, 11) is -3.52. The molecule has 1 aliphatic rings. The Labute approximate surface area is 182 Å². The van der Waals surface area contributed by atoms with E-state index in [1.165, 1.54) is 68.0 Å². The van der Waals surface area contributed by atoms with Gasteiger partial charge in [-0.3, -0.25) is 0 Å². The van der Waals surface area contributed by atoms with Crippen molar-refractivity contribution in [2.24, 2.45) is 0 Å². The molecule has 1 aromatic carbocycles. The summed E-state index contributed by atoms with van der Waals surface area (Å²) >= 11 is 0. The molecule has 1 saturated carbocycles. The summed E-state index contributed by atoms with van der Waals surface area (Å²) in [4.78, 5) is 0. The molecule has 3 rings (SSSR count). The summed E-state index contributed by atoms with van der Waals surface area (Å²) in [5.41, 5.74) is 0.113. The lowest BCUT2D eigenvalue weighted by molar-refractivity contribution is 0.00864. The van der Waals surface area contributed by atoms with Gasteiger partial charge in [0.15, 0.2) is 0 Å². The summed E-state index contributed by atoms with van der Waals surface area (Å²) in [5.74, 6) is 0. The van der Waals surface area contributed by atoms with Crippen LogP contribution in [-0.4, -0.2) is 23.8 Å². The van der Waals surface area contributed by atoms with Gasteiger partial charge in [0.25, 0.3) is 0 Å². The van der Waals surface area contributed by atoms with Crippen LogP contribution in [0.3, 0.4) is 0 Å². The summed E-state index contributed by atoms with van der Waals surface area (Å²) < 4.78 is 26.8. The first kappa shape index (κ1) is 23.3. The molecular formula is C25H39NO3S. The SMILES string of the molecule is CS(=O)(=O)n1c(C2(O)CCCCCCCCCCCCCCC2)cc2ccccc21. The predicted molar refractivity (Wildman–Crippen MR) is 125 cm³/mol. The predicted octanol–water partition coefficient (Wildman–Crippen LogP) is 6.50. The number of aliphatic hydroxyl groups is 1. The fourth-order valence-corrected chi connectivity index (χ4v) is 6.07. The highest BCUT2D eigenvalue weighted by molar-refractivity contribution is 7.89. The minimum Gasteiger partial charge on any atom is -0.384 e. The van der Waals surface area contributed by atoms with E-state index >= 15 is 0 Å². The molecule has 168 valence electrons. The molecule has 0 bridgehead atoms. The van der Waals surface area contributed by atoms with Gasteiger partial charge in [0.05, 0.1) is 17.5 Å². The lowest BCUT2D eigenvalue weighted by Gasteiger charge is -2.30. The average Bonchev–Trinajstić information content (AvgIpc) is 3.11. The van der Waals surface area contributed by atoms with E-state index in [9.17, 15) is 13.5 Å². The van der Waals surface area contributed by atoms with Crippen LogP contribution < -0.4 is 0 Å². The molecule has 1 N–H and O–H groups in total. The van der Waals surface area contributed by atoms with Gasteiger partial charge in [0.2, 0.25) is 10.0 Å². The molecule has 4 nitrogen and oxygen atoms in total. The van der Waals surface area contributed by atoms with Crippen molar-refractivity contribution in [2.45, 2.75) is 102 Å². The number of fused-ring (bicyclic) bond motifs is 1. The normalized spacial score (nSPS) is 20.9. The Balaban J connectivity index is 1.87.